The minimum absolute atomic E-state index is 0.333. The summed E-state index contributed by atoms with van der Waals surface area (Å²) in [6.07, 6.45) is 5.33. The normalized spacial score (nSPS) is 11.1. The van der Waals surface area contributed by atoms with Crippen LogP contribution in [0.25, 0.3) is 0 Å². The fourth-order valence-electron chi connectivity index (χ4n) is 1.03. The predicted molar refractivity (Wildman–Crippen MR) is 61.2 cm³/mol. The molecular formula is C12H13ClFN. The molecule has 80 valence electrons. The van der Waals surface area contributed by atoms with Gasteiger partial charge in [-0.3, -0.25) is 5.32 Å². The van der Waals surface area contributed by atoms with Crippen molar-refractivity contribution in [3.05, 3.63) is 34.6 Å². The van der Waals surface area contributed by atoms with E-state index in [-0.39, 0.29) is 5.82 Å². The van der Waals surface area contributed by atoms with Crippen molar-refractivity contribution in [3.8, 4) is 12.3 Å². The van der Waals surface area contributed by atoms with Crippen LogP contribution in [0.1, 0.15) is 19.4 Å². The Kier molecular flexibility index (Phi) is 3.73. The lowest BCUT2D eigenvalue weighted by Gasteiger charge is -2.19. The van der Waals surface area contributed by atoms with Crippen molar-refractivity contribution in [3.63, 3.8) is 0 Å². The third kappa shape index (κ3) is 3.54. The van der Waals surface area contributed by atoms with Crippen molar-refractivity contribution in [2.45, 2.75) is 25.9 Å². The van der Waals surface area contributed by atoms with Crippen molar-refractivity contribution in [1.29, 1.82) is 0 Å². The average Bonchev–Trinajstić information content (AvgIpc) is 2.16. The fraction of sp³-hybridized carbons (Fsp3) is 0.333. The summed E-state index contributed by atoms with van der Waals surface area (Å²) in [5, 5.41) is 3.55. The van der Waals surface area contributed by atoms with Crippen LogP contribution in [0.2, 0.25) is 5.02 Å². The van der Waals surface area contributed by atoms with Crippen molar-refractivity contribution >= 4 is 11.6 Å². The lowest BCUT2D eigenvalue weighted by Crippen LogP contribution is -2.36. The number of nitrogens with one attached hydrogen (secondary N) is 1. The summed E-state index contributed by atoms with van der Waals surface area (Å²) in [7, 11) is 0. The molecular weight excluding hydrogens is 213 g/mol. The zero-order valence-electron chi connectivity index (χ0n) is 8.77. The van der Waals surface area contributed by atoms with Crippen LogP contribution in [0.3, 0.4) is 0 Å². The first-order chi connectivity index (χ1) is 6.94. The third-order valence-corrected chi connectivity index (χ3v) is 2.45. The van der Waals surface area contributed by atoms with Crippen molar-refractivity contribution in [1.82, 2.24) is 5.32 Å². The molecule has 1 aromatic rings. The highest BCUT2D eigenvalue weighted by atomic mass is 35.5. The molecule has 0 aromatic heterocycles. The maximum Gasteiger partial charge on any atom is 0.124 e. The van der Waals surface area contributed by atoms with Gasteiger partial charge in [0, 0.05) is 11.6 Å². The van der Waals surface area contributed by atoms with Crippen molar-refractivity contribution in [2.75, 3.05) is 0 Å². The van der Waals surface area contributed by atoms with Gasteiger partial charge < -0.3 is 0 Å². The molecule has 0 saturated carbocycles. The minimum Gasteiger partial charge on any atom is -0.297 e. The smallest absolute Gasteiger partial charge is 0.124 e. The van der Waals surface area contributed by atoms with Gasteiger partial charge in [-0.25, -0.2) is 4.39 Å². The largest absolute Gasteiger partial charge is 0.297 e. The Labute approximate surface area is 94.6 Å². The van der Waals surface area contributed by atoms with Crippen LogP contribution >= 0.6 is 11.6 Å². The highest BCUT2D eigenvalue weighted by Gasteiger charge is 2.13. The summed E-state index contributed by atoms with van der Waals surface area (Å²) < 4.78 is 12.8. The second-order valence-electron chi connectivity index (χ2n) is 3.86. The lowest BCUT2D eigenvalue weighted by molar-refractivity contribution is 0.490. The van der Waals surface area contributed by atoms with Crippen molar-refractivity contribution < 1.29 is 4.39 Å². The molecule has 3 heteroatoms. The van der Waals surface area contributed by atoms with Crippen LogP contribution in [-0.2, 0) is 6.54 Å². The second kappa shape index (κ2) is 4.65. The molecule has 0 fully saturated rings. The van der Waals surface area contributed by atoms with Crippen molar-refractivity contribution in [2.24, 2.45) is 0 Å². The molecule has 0 bridgehead atoms. The summed E-state index contributed by atoms with van der Waals surface area (Å²) in [6, 6.07) is 4.32. The zero-order chi connectivity index (χ0) is 11.5. The quantitative estimate of drug-likeness (QED) is 0.780. The fourth-order valence-corrected chi connectivity index (χ4v) is 1.27. The second-order valence-corrected chi connectivity index (χ2v) is 4.27. The van der Waals surface area contributed by atoms with Gasteiger partial charge in [-0.15, -0.1) is 6.42 Å². The van der Waals surface area contributed by atoms with Gasteiger partial charge in [0.2, 0.25) is 0 Å². The Morgan fingerprint density at radius 1 is 1.53 bits per heavy atom. The molecule has 0 saturated heterocycles. The SMILES string of the molecule is C#CC(C)(C)NCc1ccc(F)cc1Cl. The van der Waals surface area contributed by atoms with E-state index < -0.39 is 5.54 Å². The molecule has 15 heavy (non-hydrogen) atoms. The zero-order valence-corrected chi connectivity index (χ0v) is 9.53. The summed E-state index contributed by atoms with van der Waals surface area (Å²) in [5.41, 5.74) is 0.443. The molecule has 1 nitrogen and oxygen atoms in total. The van der Waals surface area contributed by atoms with Crippen LogP contribution in [0.15, 0.2) is 18.2 Å². The van der Waals surface area contributed by atoms with E-state index in [1.165, 1.54) is 12.1 Å². The molecule has 1 rings (SSSR count). The first-order valence-electron chi connectivity index (χ1n) is 4.61. The molecule has 0 spiro atoms. The van der Waals surface area contributed by atoms with Crippen LogP contribution in [-0.4, -0.2) is 5.54 Å². The third-order valence-electron chi connectivity index (χ3n) is 2.10. The monoisotopic (exact) mass is 225 g/mol. The van der Waals surface area contributed by atoms with Gasteiger partial charge >= 0.3 is 0 Å². The lowest BCUT2D eigenvalue weighted by atomic mass is 10.1. The van der Waals surface area contributed by atoms with E-state index in [4.69, 9.17) is 18.0 Å². The predicted octanol–water partition coefficient (Wildman–Crippen LogP) is 2.98. The van der Waals surface area contributed by atoms with Gasteiger partial charge in [0.25, 0.3) is 0 Å². The average molecular weight is 226 g/mol. The number of halogens is 2. The molecule has 0 heterocycles. The van der Waals surface area contributed by atoms with E-state index in [0.29, 0.717) is 11.6 Å². The van der Waals surface area contributed by atoms with E-state index in [0.717, 1.165) is 5.56 Å². The topological polar surface area (TPSA) is 12.0 Å². The van der Waals surface area contributed by atoms with E-state index in [1.54, 1.807) is 6.07 Å². The Morgan fingerprint density at radius 2 is 2.20 bits per heavy atom. The van der Waals surface area contributed by atoms with E-state index >= 15 is 0 Å². The van der Waals surface area contributed by atoms with Crippen LogP contribution in [0.5, 0.6) is 0 Å². The van der Waals surface area contributed by atoms with Crippen LogP contribution < -0.4 is 5.32 Å². The minimum atomic E-state index is -0.391. The molecule has 0 aliphatic rings. The van der Waals surface area contributed by atoms with Gasteiger partial charge in [-0.2, -0.15) is 0 Å². The van der Waals surface area contributed by atoms with Gasteiger partial charge in [-0.05, 0) is 31.5 Å². The number of rotatable bonds is 3. The highest BCUT2D eigenvalue weighted by molar-refractivity contribution is 6.31. The Morgan fingerprint density at radius 3 is 2.73 bits per heavy atom. The molecule has 0 aliphatic carbocycles. The van der Waals surface area contributed by atoms with E-state index in [9.17, 15) is 4.39 Å². The summed E-state index contributed by atoms with van der Waals surface area (Å²) in [6.45, 7) is 4.31. The standard InChI is InChI=1S/C12H13ClFN/c1-4-12(2,3)15-8-9-5-6-10(14)7-11(9)13/h1,5-7,15H,8H2,2-3H3. The summed E-state index contributed by atoms with van der Waals surface area (Å²) >= 11 is 5.87. The Hall–Kier alpha value is -1.04. The summed E-state index contributed by atoms with van der Waals surface area (Å²) in [5.74, 6) is 2.28. The van der Waals surface area contributed by atoms with Crippen LogP contribution in [0.4, 0.5) is 4.39 Å². The van der Waals surface area contributed by atoms with Gasteiger partial charge in [0.1, 0.15) is 5.82 Å². The Bertz CT molecular complexity index is 393. The first kappa shape index (κ1) is 12.0. The molecule has 0 amide bonds. The van der Waals surface area contributed by atoms with Gasteiger partial charge in [0.05, 0.1) is 5.54 Å². The molecule has 1 N–H and O–H groups in total. The maximum absolute atomic E-state index is 12.8. The van der Waals surface area contributed by atoms with E-state index in [1.807, 2.05) is 13.8 Å². The number of hydrogen-bond donors (Lipinski definition) is 1. The number of benzene rings is 1. The van der Waals surface area contributed by atoms with E-state index in [2.05, 4.69) is 11.2 Å². The molecule has 0 radical (unpaired) electrons. The first-order valence-corrected chi connectivity index (χ1v) is 4.99. The number of hydrogen-bond acceptors (Lipinski definition) is 1. The van der Waals surface area contributed by atoms with Crippen LogP contribution in [0, 0.1) is 18.2 Å². The molecule has 1 aromatic carbocycles. The van der Waals surface area contributed by atoms with Gasteiger partial charge in [0.15, 0.2) is 0 Å². The summed E-state index contributed by atoms with van der Waals surface area (Å²) in [4.78, 5) is 0. The molecule has 0 aliphatic heterocycles. The number of terminal acetylenes is 1. The molecule has 0 unspecified atom stereocenters. The van der Waals surface area contributed by atoms with Gasteiger partial charge in [-0.1, -0.05) is 23.6 Å². The highest BCUT2D eigenvalue weighted by Crippen LogP contribution is 2.17. The molecule has 0 atom stereocenters. The maximum atomic E-state index is 12.8. The Balaban J connectivity index is 2.71.